The number of rotatable bonds is 2. The predicted molar refractivity (Wildman–Crippen MR) is 53.6 cm³/mol. The zero-order valence-corrected chi connectivity index (χ0v) is 8.62. The monoisotopic (exact) mass is 196 g/mol. The Kier molecular flexibility index (Phi) is 3.11. The van der Waals surface area contributed by atoms with E-state index in [0.29, 0.717) is 18.6 Å². The lowest BCUT2D eigenvalue weighted by Gasteiger charge is -2.34. The zero-order valence-electron chi connectivity index (χ0n) is 8.62. The van der Waals surface area contributed by atoms with Gasteiger partial charge in [-0.05, 0) is 20.3 Å². The quantitative estimate of drug-likeness (QED) is 0.537. The van der Waals surface area contributed by atoms with E-state index in [2.05, 4.69) is 6.58 Å². The highest BCUT2D eigenvalue weighted by molar-refractivity contribution is 5.81. The van der Waals surface area contributed by atoms with Crippen LogP contribution in [-0.4, -0.2) is 23.8 Å². The molecule has 3 nitrogen and oxygen atoms in total. The molecular weight excluding hydrogens is 180 g/mol. The largest absolute Gasteiger partial charge is 0.465 e. The van der Waals surface area contributed by atoms with Gasteiger partial charge in [-0.25, -0.2) is 0 Å². The number of carbonyl (C=O) groups excluding carboxylic acids is 1. The van der Waals surface area contributed by atoms with Gasteiger partial charge in [0.1, 0.15) is 5.41 Å². The van der Waals surface area contributed by atoms with Crippen molar-refractivity contribution in [3.8, 4) is 0 Å². The standard InChI is InChI=1S/C11H16O3/c1-4-14-10(13)11(3)8(2)6-5-7-9(11)12/h5,7,9,12H,2,4,6H2,1,3H3. The smallest absolute Gasteiger partial charge is 0.318 e. The van der Waals surface area contributed by atoms with E-state index >= 15 is 0 Å². The molecule has 0 aromatic heterocycles. The summed E-state index contributed by atoms with van der Waals surface area (Å²) in [5, 5.41) is 9.75. The molecule has 3 heteroatoms. The third-order valence-electron chi connectivity index (χ3n) is 2.71. The molecule has 2 atom stereocenters. The molecule has 0 aliphatic heterocycles. The van der Waals surface area contributed by atoms with Crippen molar-refractivity contribution in [1.82, 2.24) is 0 Å². The van der Waals surface area contributed by atoms with Crippen LogP contribution < -0.4 is 0 Å². The van der Waals surface area contributed by atoms with E-state index in [0.717, 1.165) is 0 Å². The van der Waals surface area contributed by atoms with Gasteiger partial charge in [0.25, 0.3) is 0 Å². The molecule has 14 heavy (non-hydrogen) atoms. The predicted octanol–water partition coefficient (Wildman–Crippen LogP) is 1.43. The Balaban J connectivity index is 2.94. The Hall–Kier alpha value is -1.09. The van der Waals surface area contributed by atoms with E-state index in [1.807, 2.05) is 6.08 Å². The van der Waals surface area contributed by atoms with Crippen molar-refractivity contribution in [2.75, 3.05) is 6.61 Å². The average Bonchev–Trinajstić information content (AvgIpc) is 2.14. The first-order chi connectivity index (χ1) is 6.53. The number of hydrogen-bond donors (Lipinski definition) is 1. The summed E-state index contributed by atoms with van der Waals surface area (Å²) in [5.41, 5.74) is -0.281. The normalized spacial score (nSPS) is 31.6. The van der Waals surface area contributed by atoms with E-state index in [-0.39, 0.29) is 0 Å². The fourth-order valence-electron chi connectivity index (χ4n) is 1.50. The van der Waals surface area contributed by atoms with Gasteiger partial charge in [0.05, 0.1) is 12.7 Å². The summed E-state index contributed by atoms with van der Waals surface area (Å²) >= 11 is 0. The fourth-order valence-corrected chi connectivity index (χ4v) is 1.50. The fraction of sp³-hybridized carbons (Fsp3) is 0.545. The molecule has 0 bridgehead atoms. The van der Waals surface area contributed by atoms with Crippen LogP contribution in [0.25, 0.3) is 0 Å². The van der Waals surface area contributed by atoms with Crippen molar-refractivity contribution in [1.29, 1.82) is 0 Å². The van der Waals surface area contributed by atoms with Crippen LogP contribution in [0.15, 0.2) is 24.3 Å². The van der Waals surface area contributed by atoms with Gasteiger partial charge in [0.15, 0.2) is 0 Å². The summed E-state index contributed by atoms with van der Waals surface area (Å²) in [6.07, 6.45) is 3.22. The molecule has 0 amide bonds. The maximum Gasteiger partial charge on any atom is 0.318 e. The Morgan fingerprint density at radius 1 is 1.86 bits per heavy atom. The number of esters is 1. The highest BCUT2D eigenvalue weighted by atomic mass is 16.5. The first-order valence-electron chi connectivity index (χ1n) is 4.73. The SMILES string of the molecule is C=C1CC=CC(O)C1(C)C(=O)OCC. The topological polar surface area (TPSA) is 46.5 Å². The number of carbonyl (C=O) groups is 1. The first kappa shape index (κ1) is 11.0. The van der Waals surface area contributed by atoms with Crippen LogP contribution in [0.5, 0.6) is 0 Å². The van der Waals surface area contributed by atoms with Crippen LogP contribution in [0.4, 0.5) is 0 Å². The first-order valence-corrected chi connectivity index (χ1v) is 4.73. The second-order valence-electron chi connectivity index (χ2n) is 3.60. The molecule has 0 spiro atoms. The van der Waals surface area contributed by atoms with Crippen molar-refractivity contribution >= 4 is 5.97 Å². The minimum absolute atomic E-state index is 0.318. The van der Waals surface area contributed by atoms with Gasteiger partial charge in [-0.3, -0.25) is 4.79 Å². The summed E-state index contributed by atoms with van der Waals surface area (Å²) in [6, 6.07) is 0. The van der Waals surface area contributed by atoms with Crippen molar-refractivity contribution in [2.45, 2.75) is 26.4 Å². The van der Waals surface area contributed by atoms with E-state index in [9.17, 15) is 9.90 Å². The minimum atomic E-state index is -0.981. The minimum Gasteiger partial charge on any atom is -0.465 e. The summed E-state index contributed by atoms with van der Waals surface area (Å²) < 4.78 is 4.93. The molecule has 0 aromatic carbocycles. The highest BCUT2D eigenvalue weighted by Gasteiger charge is 2.44. The Morgan fingerprint density at radius 2 is 2.50 bits per heavy atom. The van der Waals surface area contributed by atoms with Crippen LogP contribution in [-0.2, 0) is 9.53 Å². The molecule has 0 saturated heterocycles. The van der Waals surface area contributed by atoms with Crippen LogP contribution >= 0.6 is 0 Å². The van der Waals surface area contributed by atoms with Crippen molar-refractivity contribution in [3.63, 3.8) is 0 Å². The van der Waals surface area contributed by atoms with Crippen LogP contribution in [0, 0.1) is 5.41 Å². The Morgan fingerprint density at radius 3 is 3.00 bits per heavy atom. The van der Waals surface area contributed by atoms with Crippen molar-refractivity contribution < 1.29 is 14.6 Å². The summed E-state index contributed by atoms with van der Waals surface area (Å²) in [5.74, 6) is -0.401. The maximum absolute atomic E-state index is 11.7. The van der Waals surface area contributed by atoms with Gasteiger partial charge in [-0.1, -0.05) is 24.3 Å². The van der Waals surface area contributed by atoms with Crippen molar-refractivity contribution in [2.24, 2.45) is 5.41 Å². The highest BCUT2D eigenvalue weighted by Crippen LogP contribution is 2.37. The van der Waals surface area contributed by atoms with E-state index < -0.39 is 17.5 Å². The molecule has 1 rings (SSSR count). The molecule has 1 aliphatic carbocycles. The van der Waals surface area contributed by atoms with E-state index in [1.165, 1.54) is 0 Å². The lowest BCUT2D eigenvalue weighted by molar-refractivity contribution is -0.156. The van der Waals surface area contributed by atoms with Gasteiger partial charge < -0.3 is 9.84 Å². The van der Waals surface area contributed by atoms with E-state index in [1.54, 1.807) is 19.9 Å². The summed E-state index contributed by atoms with van der Waals surface area (Å²) in [6.45, 7) is 7.54. The third kappa shape index (κ3) is 1.60. The van der Waals surface area contributed by atoms with Crippen molar-refractivity contribution in [3.05, 3.63) is 24.3 Å². The molecule has 1 aliphatic rings. The zero-order chi connectivity index (χ0) is 10.8. The lowest BCUT2D eigenvalue weighted by Crippen LogP contribution is -2.43. The van der Waals surface area contributed by atoms with Crippen LogP contribution in [0.1, 0.15) is 20.3 Å². The van der Waals surface area contributed by atoms with Gasteiger partial charge >= 0.3 is 5.97 Å². The molecule has 1 N–H and O–H groups in total. The molecule has 0 fully saturated rings. The number of ether oxygens (including phenoxy) is 1. The second-order valence-corrected chi connectivity index (χ2v) is 3.60. The molecular formula is C11H16O3. The molecule has 0 radical (unpaired) electrons. The van der Waals surface area contributed by atoms with Crippen LogP contribution in [0.3, 0.4) is 0 Å². The summed E-state index contributed by atoms with van der Waals surface area (Å²) in [4.78, 5) is 11.7. The molecule has 0 heterocycles. The summed E-state index contributed by atoms with van der Waals surface area (Å²) in [7, 11) is 0. The second kappa shape index (κ2) is 3.96. The number of hydrogen-bond acceptors (Lipinski definition) is 3. The molecule has 0 aromatic rings. The molecule has 78 valence electrons. The van der Waals surface area contributed by atoms with E-state index in [4.69, 9.17) is 4.74 Å². The Labute approximate surface area is 84.1 Å². The third-order valence-corrected chi connectivity index (χ3v) is 2.71. The number of allylic oxidation sites excluding steroid dienone is 1. The van der Waals surface area contributed by atoms with Gasteiger partial charge in [-0.2, -0.15) is 0 Å². The molecule has 0 saturated carbocycles. The van der Waals surface area contributed by atoms with Gasteiger partial charge in [0.2, 0.25) is 0 Å². The number of aliphatic hydroxyl groups is 1. The molecule has 2 unspecified atom stereocenters. The number of aliphatic hydroxyl groups excluding tert-OH is 1. The lowest BCUT2D eigenvalue weighted by atomic mass is 9.73. The maximum atomic E-state index is 11.7. The Bertz CT molecular complexity index is 280. The van der Waals surface area contributed by atoms with Gasteiger partial charge in [0, 0.05) is 0 Å². The average molecular weight is 196 g/mol. The van der Waals surface area contributed by atoms with Crippen LogP contribution in [0.2, 0.25) is 0 Å². The van der Waals surface area contributed by atoms with Gasteiger partial charge in [-0.15, -0.1) is 0 Å².